The highest BCUT2D eigenvalue weighted by Gasteiger charge is 2.63. The number of phenolic OH excluding ortho intramolecular Hbond substituents is 1. The van der Waals surface area contributed by atoms with Gasteiger partial charge in [0.05, 0.1) is 22.8 Å². The molecule has 1 fully saturated rings. The van der Waals surface area contributed by atoms with Gasteiger partial charge in [0, 0.05) is 23.8 Å². The van der Waals surface area contributed by atoms with E-state index >= 15 is 0 Å². The van der Waals surface area contributed by atoms with E-state index in [4.69, 9.17) is 23.2 Å². The number of hydrogen-bond donors (Lipinski definition) is 5. The van der Waals surface area contributed by atoms with Crippen LogP contribution in [-0.4, -0.2) is 60.8 Å². The molecule has 0 bridgehead atoms. The molecule has 10 heteroatoms. The van der Waals surface area contributed by atoms with Crippen LogP contribution in [0.25, 0.3) is 0 Å². The summed E-state index contributed by atoms with van der Waals surface area (Å²) in [4.78, 5) is 25.3. The fraction of sp³-hybridized carbons (Fsp3) is 0.538. The Balaban J connectivity index is 1.34. The Morgan fingerprint density at radius 2 is 2.08 bits per heavy atom. The van der Waals surface area contributed by atoms with Gasteiger partial charge < -0.3 is 26.0 Å². The molecule has 7 unspecified atom stereocenters. The number of amides is 1. The first-order valence-electron chi connectivity index (χ1n) is 12.2. The van der Waals surface area contributed by atoms with Crippen molar-refractivity contribution in [2.45, 2.75) is 78.8 Å². The lowest BCUT2D eigenvalue weighted by atomic mass is 9.85. The molecule has 1 heterocycles. The minimum absolute atomic E-state index is 0.0926. The van der Waals surface area contributed by atoms with Crippen molar-refractivity contribution in [3.8, 4) is 5.75 Å². The molecule has 1 aliphatic heterocycles. The van der Waals surface area contributed by atoms with E-state index in [1.54, 1.807) is 36.0 Å². The normalized spacial score (nSPS) is 33.0. The van der Waals surface area contributed by atoms with Gasteiger partial charge >= 0.3 is 5.97 Å². The fourth-order valence-electron chi connectivity index (χ4n) is 5.03. The second kappa shape index (κ2) is 11.4. The van der Waals surface area contributed by atoms with E-state index in [9.17, 15) is 24.9 Å². The van der Waals surface area contributed by atoms with Crippen LogP contribution < -0.4 is 10.6 Å². The average molecular weight is 556 g/mol. The number of carbonyl (C=O) groups is 2. The molecule has 1 amide bonds. The smallest absolute Gasteiger partial charge is 0.331 e. The number of aliphatic hydroxyl groups excluding tert-OH is 1. The molecule has 3 aliphatic rings. The van der Waals surface area contributed by atoms with Crippen LogP contribution >= 0.6 is 35.0 Å². The number of aliphatic hydroxyl groups is 1. The van der Waals surface area contributed by atoms with Crippen molar-refractivity contribution < 1.29 is 24.9 Å². The number of aliphatic carboxylic acids is 1. The standard InChI is InChI=1S/C26H32Cl2N2O5S/c1-14(21-6-3-9-36-21)29-22-13-26(22,25(34)35)30-24(33)23-18(27)10-15(11-19(23)28)7-8-20(32)16-4-2-5-17(31)12-16/h2-5,9-10,12,14,18-23,29,31-32H,6-8,11,13H2,1H3,(H,30,33)(H,34,35)/t14?,18?,19?,20?,21?,22?,23?,26-/m1/s1. The Morgan fingerprint density at radius 3 is 2.72 bits per heavy atom. The molecule has 1 aromatic rings. The third-order valence-corrected chi connectivity index (χ3v) is 9.43. The quantitative estimate of drug-likeness (QED) is 0.218. The SMILES string of the molecule is CC(NC1C[C@]1(NC(=O)C1C(Cl)C=C(CCC(O)c2cccc(O)c2)CC1Cl)C(=O)O)C1CC=CS1. The summed E-state index contributed by atoms with van der Waals surface area (Å²) in [5.41, 5.74) is 0.204. The lowest BCUT2D eigenvalue weighted by molar-refractivity contribution is -0.144. The number of alkyl halides is 2. The Kier molecular flexibility index (Phi) is 8.62. The maximum absolute atomic E-state index is 13.2. The predicted molar refractivity (Wildman–Crippen MR) is 142 cm³/mol. The first kappa shape index (κ1) is 27.3. The second-order valence-corrected chi connectivity index (χ2v) is 12.1. The third kappa shape index (κ3) is 6.05. The van der Waals surface area contributed by atoms with E-state index < -0.39 is 40.2 Å². The highest BCUT2D eigenvalue weighted by Crippen LogP contribution is 2.41. The van der Waals surface area contributed by atoms with Crippen LogP contribution in [0.3, 0.4) is 0 Å². The van der Waals surface area contributed by atoms with Gasteiger partial charge in [-0.3, -0.25) is 4.79 Å². The van der Waals surface area contributed by atoms with Crippen molar-refractivity contribution in [2.75, 3.05) is 0 Å². The van der Waals surface area contributed by atoms with Crippen LogP contribution in [0.5, 0.6) is 5.75 Å². The van der Waals surface area contributed by atoms with Crippen molar-refractivity contribution >= 4 is 46.8 Å². The number of thioether (sulfide) groups is 1. The van der Waals surface area contributed by atoms with E-state index in [1.807, 2.05) is 6.92 Å². The van der Waals surface area contributed by atoms with Crippen molar-refractivity contribution in [3.63, 3.8) is 0 Å². The summed E-state index contributed by atoms with van der Waals surface area (Å²) in [6.07, 6.45) is 5.76. The van der Waals surface area contributed by atoms with Gasteiger partial charge in [0.15, 0.2) is 5.54 Å². The number of phenols is 1. The van der Waals surface area contributed by atoms with Crippen LogP contribution in [0.2, 0.25) is 0 Å². The summed E-state index contributed by atoms with van der Waals surface area (Å²) in [6.45, 7) is 2.03. The number of allylic oxidation sites excluding steroid dienone is 3. The Morgan fingerprint density at radius 1 is 1.31 bits per heavy atom. The van der Waals surface area contributed by atoms with E-state index in [-0.39, 0.29) is 17.8 Å². The number of halogens is 2. The monoisotopic (exact) mass is 554 g/mol. The van der Waals surface area contributed by atoms with Crippen LogP contribution in [0.15, 0.2) is 47.4 Å². The molecule has 1 aromatic carbocycles. The Hall–Kier alpha value is -1.71. The van der Waals surface area contributed by atoms with E-state index in [0.717, 1.165) is 12.0 Å². The highest BCUT2D eigenvalue weighted by atomic mass is 35.5. The van der Waals surface area contributed by atoms with E-state index in [0.29, 0.717) is 36.5 Å². The molecule has 0 radical (unpaired) electrons. The van der Waals surface area contributed by atoms with Crippen LogP contribution in [0.1, 0.15) is 50.7 Å². The minimum atomic E-state index is -1.36. The van der Waals surface area contributed by atoms with E-state index in [2.05, 4.69) is 22.1 Å². The highest BCUT2D eigenvalue weighted by molar-refractivity contribution is 8.03. The summed E-state index contributed by atoms with van der Waals surface area (Å²) < 4.78 is 0. The largest absolute Gasteiger partial charge is 0.508 e. The van der Waals surface area contributed by atoms with Gasteiger partial charge in [-0.05, 0) is 55.7 Å². The predicted octanol–water partition coefficient (Wildman–Crippen LogP) is 4.08. The van der Waals surface area contributed by atoms with Gasteiger partial charge in [0.1, 0.15) is 5.75 Å². The van der Waals surface area contributed by atoms with Gasteiger partial charge in [-0.25, -0.2) is 4.79 Å². The molecule has 5 N–H and O–H groups in total. The maximum atomic E-state index is 13.2. The van der Waals surface area contributed by atoms with Gasteiger partial charge in [-0.2, -0.15) is 0 Å². The van der Waals surface area contributed by atoms with Crippen LogP contribution in [0.4, 0.5) is 0 Å². The minimum Gasteiger partial charge on any atom is -0.508 e. The van der Waals surface area contributed by atoms with Crippen molar-refractivity contribution in [1.82, 2.24) is 10.6 Å². The summed E-state index contributed by atoms with van der Waals surface area (Å²) in [7, 11) is 0. The number of hydrogen-bond acceptors (Lipinski definition) is 6. The van der Waals surface area contributed by atoms with Crippen molar-refractivity contribution in [3.05, 3.63) is 53.0 Å². The zero-order valence-corrected chi connectivity index (χ0v) is 22.3. The molecule has 0 spiro atoms. The number of carbonyl (C=O) groups excluding carboxylic acids is 1. The fourth-order valence-corrected chi connectivity index (χ4v) is 7.01. The summed E-state index contributed by atoms with van der Waals surface area (Å²) in [5, 5.41) is 37.2. The number of benzene rings is 1. The van der Waals surface area contributed by atoms with Crippen molar-refractivity contribution in [2.24, 2.45) is 5.92 Å². The number of carboxylic acid groups (broad SMARTS) is 1. The Bertz CT molecular complexity index is 1040. The summed E-state index contributed by atoms with van der Waals surface area (Å²) >= 11 is 14.9. The summed E-state index contributed by atoms with van der Waals surface area (Å²) in [5.74, 6) is -2.20. The molecule has 0 saturated heterocycles. The molecule has 4 rings (SSSR count). The lowest BCUT2D eigenvalue weighted by Crippen LogP contribution is -2.54. The molecule has 7 nitrogen and oxygen atoms in total. The topological polar surface area (TPSA) is 119 Å². The van der Waals surface area contributed by atoms with Crippen LogP contribution in [-0.2, 0) is 9.59 Å². The van der Waals surface area contributed by atoms with E-state index in [1.165, 1.54) is 6.07 Å². The number of carboxylic acids is 1. The Labute approximate surface area is 225 Å². The van der Waals surface area contributed by atoms with Gasteiger partial charge in [-0.1, -0.05) is 29.9 Å². The molecule has 36 heavy (non-hydrogen) atoms. The molecule has 0 aromatic heterocycles. The third-order valence-electron chi connectivity index (χ3n) is 7.31. The number of rotatable bonds is 10. The lowest BCUT2D eigenvalue weighted by Gasteiger charge is -2.31. The number of nitrogens with one attached hydrogen (secondary N) is 2. The molecular formula is C26H32Cl2N2O5S. The zero-order valence-electron chi connectivity index (χ0n) is 19.9. The maximum Gasteiger partial charge on any atom is 0.331 e. The number of aromatic hydroxyl groups is 1. The molecule has 2 aliphatic carbocycles. The van der Waals surface area contributed by atoms with Crippen molar-refractivity contribution in [1.29, 1.82) is 0 Å². The van der Waals surface area contributed by atoms with Gasteiger partial charge in [0.25, 0.3) is 0 Å². The molecule has 196 valence electrons. The average Bonchev–Trinajstić information content (AvgIpc) is 3.24. The van der Waals surface area contributed by atoms with Crippen LogP contribution in [0, 0.1) is 5.92 Å². The van der Waals surface area contributed by atoms with Gasteiger partial charge in [0.2, 0.25) is 5.91 Å². The second-order valence-electron chi connectivity index (χ2n) is 9.92. The zero-order chi connectivity index (χ0) is 26.0. The molecule has 8 atom stereocenters. The first-order valence-corrected chi connectivity index (χ1v) is 14.0. The molecule has 1 saturated carbocycles. The summed E-state index contributed by atoms with van der Waals surface area (Å²) in [6, 6.07) is 6.24. The van der Waals surface area contributed by atoms with Gasteiger partial charge in [-0.15, -0.1) is 35.0 Å². The first-order chi connectivity index (χ1) is 17.1. The molecular weight excluding hydrogens is 523 g/mol.